The van der Waals surface area contributed by atoms with Crippen molar-refractivity contribution >= 4 is 51.2 Å². The van der Waals surface area contributed by atoms with E-state index in [1.54, 1.807) is 52.3 Å². The van der Waals surface area contributed by atoms with Gasteiger partial charge in [-0.15, -0.1) is 0 Å². The fourth-order valence-corrected chi connectivity index (χ4v) is 4.03. The van der Waals surface area contributed by atoms with Crippen molar-refractivity contribution in [1.29, 1.82) is 0 Å². The number of methoxy groups -OCH3 is 2. The van der Waals surface area contributed by atoms with Crippen LogP contribution in [0.4, 0.5) is 4.39 Å². The van der Waals surface area contributed by atoms with Crippen molar-refractivity contribution < 1.29 is 23.4 Å². The van der Waals surface area contributed by atoms with E-state index >= 15 is 0 Å². The fourth-order valence-electron chi connectivity index (χ4n) is 2.96. The molecule has 0 fully saturated rings. The molecule has 0 bridgehead atoms. The van der Waals surface area contributed by atoms with Crippen LogP contribution in [0.25, 0.3) is 11.0 Å². The standard InChI is InChI=1S/C20H17ClFIN2O5/c1-4-30-20(27)12-9-25(8-10-5-6-11(28-2)7-13(10)29-3)19-14(17(12)26)16(23)15(22)18(21)24-19/h5-7,9H,4,8H2,1-3H3. The van der Waals surface area contributed by atoms with Crippen molar-refractivity contribution in [3.8, 4) is 11.5 Å². The predicted octanol–water partition coefficient (Wildman–Crippen LogP) is 4.04. The van der Waals surface area contributed by atoms with Crippen LogP contribution in [-0.2, 0) is 11.3 Å². The van der Waals surface area contributed by atoms with E-state index in [1.807, 2.05) is 0 Å². The van der Waals surface area contributed by atoms with E-state index in [4.69, 9.17) is 25.8 Å². The number of hydrogen-bond donors (Lipinski definition) is 0. The van der Waals surface area contributed by atoms with Gasteiger partial charge < -0.3 is 18.8 Å². The largest absolute Gasteiger partial charge is 0.497 e. The molecule has 158 valence electrons. The molecule has 0 spiro atoms. The summed E-state index contributed by atoms with van der Waals surface area (Å²) in [6.07, 6.45) is 1.34. The first-order chi connectivity index (χ1) is 14.3. The molecule has 10 heteroatoms. The average molecular weight is 547 g/mol. The van der Waals surface area contributed by atoms with E-state index in [0.29, 0.717) is 11.5 Å². The molecule has 0 amide bonds. The first-order valence-electron chi connectivity index (χ1n) is 8.78. The summed E-state index contributed by atoms with van der Waals surface area (Å²) in [6, 6.07) is 5.23. The molecule has 2 heterocycles. The van der Waals surface area contributed by atoms with Crippen LogP contribution in [0.15, 0.2) is 29.2 Å². The molecule has 30 heavy (non-hydrogen) atoms. The second-order valence-corrected chi connectivity index (χ2v) is 7.56. The zero-order valence-electron chi connectivity index (χ0n) is 16.3. The quantitative estimate of drug-likeness (QED) is 0.264. The minimum atomic E-state index is -0.823. The van der Waals surface area contributed by atoms with Gasteiger partial charge in [-0.1, -0.05) is 11.6 Å². The van der Waals surface area contributed by atoms with Crippen LogP contribution in [0.1, 0.15) is 22.8 Å². The topological polar surface area (TPSA) is 79.7 Å². The molecular weight excluding hydrogens is 530 g/mol. The molecule has 3 aromatic rings. The fraction of sp³-hybridized carbons (Fsp3) is 0.250. The lowest BCUT2D eigenvalue weighted by Gasteiger charge is -2.16. The monoisotopic (exact) mass is 546 g/mol. The third-order valence-corrected chi connectivity index (χ3v) is 5.64. The molecule has 0 aliphatic rings. The van der Waals surface area contributed by atoms with Crippen LogP contribution in [-0.4, -0.2) is 36.3 Å². The van der Waals surface area contributed by atoms with Crippen LogP contribution in [0.2, 0.25) is 5.15 Å². The van der Waals surface area contributed by atoms with Gasteiger partial charge in [0.2, 0.25) is 5.43 Å². The summed E-state index contributed by atoms with van der Waals surface area (Å²) in [4.78, 5) is 29.4. The molecular formula is C20H17ClFIN2O5. The van der Waals surface area contributed by atoms with E-state index in [9.17, 15) is 14.0 Å². The Morgan fingerprint density at radius 2 is 2.03 bits per heavy atom. The van der Waals surface area contributed by atoms with E-state index in [1.165, 1.54) is 20.4 Å². The Labute approximate surface area is 189 Å². The Balaban J connectivity index is 2.29. The highest BCUT2D eigenvalue weighted by Crippen LogP contribution is 2.28. The molecule has 0 unspecified atom stereocenters. The second kappa shape index (κ2) is 9.17. The number of ether oxygens (including phenoxy) is 3. The predicted molar refractivity (Wildman–Crippen MR) is 118 cm³/mol. The van der Waals surface area contributed by atoms with Crippen molar-refractivity contribution in [1.82, 2.24) is 9.55 Å². The third kappa shape index (κ3) is 4.08. The van der Waals surface area contributed by atoms with E-state index in [-0.39, 0.29) is 38.5 Å². The van der Waals surface area contributed by atoms with Gasteiger partial charge >= 0.3 is 5.97 Å². The number of fused-ring (bicyclic) bond motifs is 1. The molecule has 0 saturated carbocycles. The van der Waals surface area contributed by atoms with Gasteiger partial charge in [0.25, 0.3) is 0 Å². The molecule has 3 rings (SSSR count). The van der Waals surface area contributed by atoms with Gasteiger partial charge in [0, 0.05) is 17.8 Å². The molecule has 2 aromatic heterocycles. The summed E-state index contributed by atoms with van der Waals surface area (Å²) in [5.74, 6) is -0.491. The third-order valence-electron chi connectivity index (χ3n) is 4.38. The molecule has 7 nitrogen and oxygen atoms in total. The van der Waals surface area contributed by atoms with Crippen molar-refractivity contribution in [3.63, 3.8) is 0 Å². The number of rotatable bonds is 6. The number of halogens is 3. The number of carbonyl (C=O) groups excluding carboxylic acids is 1. The van der Waals surface area contributed by atoms with Crippen LogP contribution >= 0.6 is 34.2 Å². The maximum absolute atomic E-state index is 14.4. The Bertz CT molecular complexity index is 1200. The van der Waals surface area contributed by atoms with Gasteiger partial charge in [0.05, 0.1) is 36.3 Å². The Morgan fingerprint density at radius 3 is 2.67 bits per heavy atom. The van der Waals surface area contributed by atoms with Crippen LogP contribution in [0.5, 0.6) is 11.5 Å². The molecule has 0 aliphatic heterocycles. The highest BCUT2D eigenvalue weighted by atomic mass is 127. The summed E-state index contributed by atoms with van der Waals surface area (Å²) >= 11 is 7.61. The van der Waals surface area contributed by atoms with Crippen LogP contribution in [0, 0.1) is 9.39 Å². The van der Waals surface area contributed by atoms with Crippen molar-refractivity contribution in [3.05, 3.63) is 60.3 Å². The highest BCUT2D eigenvalue weighted by Gasteiger charge is 2.23. The molecule has 0 radical (unpaired) electrons. The maximum Gasteiger partial charge on any atom is 0.343 e. The smallest absolute Gasteiger partial charge is 0.343 e. The minimum absolute atomic E-state index is 0.0193. The maximum atomic E-state index is 14.4. The number of esters is 1. The van der Waals surface area contributed by atoms with Crippen molar-refractivity contribution in [2.75, 3.05) is 20.8 Å². The first kappa shape index (κ1) is 22.3. The molecule has 0 saturated heterocycles. The summed E-state index contributed by atoms with van der Waals surface area (Å²) in [5, 5.41) is -0.416. The first-order valence-corrected chi connectivity index (χ1v) is 10.2. The molecule has 0 N–H and O–H groups in total. The Kier molecular flexibility index (Phi) is 6.81. The number of benzene rings is 1. The van der Waals surface area contributed by atoms with Gasteiger partial charge in [0.1, 0.15) is 22.7 Å². The zero-order chi connectivity index (χ0) is 22.0. The SMILES string of the molecule is CCOC(=O)c1cn(Cc2ccc(OC)cc2OC)c2nc(Cl)c(F)c(I)c2c1=O. The second-order valence-electron chi connectivity index (χ2n) is 6.13. The summed E-state index contributed by atoms with van der Waals surface area (Å²) < 4.78 is 31.5. The average Bonchev–Trinajstić information content (AvgIpc) is 2.74. The highest BCUT2D eigenvalue weighted by molar-refractivity contribution is 14.1. The van der Waals surface area contributed by atoms with Gasteiger partial charge in [-0.05, 0) is 41.6 Å². The van der Waals surface area contributed by atoms with Gasteiger partial charge in [-0.25, -0.2) is 14.2 Å². The van der Waals surface area contributed by atoms with Gasteiger partial charge in [-0.2, -0.15) is 0 Å². The van der Waals surface area contributed by atoms with E-state index in [0.717, 1.165) is 5.56 Å². The molecule has 1 aromatic carbocycles. The van der Waals surface area contributed by atoms with Crippen molar-refractivity contribution in [2.45, 2.75) is 13.5 Å². The van der Waals surface area contributed by atoms with Crippen LogP contribution < -0.4 is 14.9 Å². The molecule has 0 atom stereocenters. The number of aromatic nitrogens is 2. The Morgan fingerprint density at radius 1 is 1.30 bits per heavy atom. The number of carbonyl (C=O) groups is 1. The number of hydrogen-bond acceptors (Lipinski definition) is 6. The van der Waals surface area contributed by atoms with E-state index < -0.39 is 17.2 Å². The number of pyridine rings is 2. The van der Waals surface area contributed by atoms with Crippen molar-refractivity contribution in [2.24, 2.45) is 0 Å². The van der Waals surface area contributed by atoms with Crippen LogP contribution in [0.3, 0.4) is 0 Å². The van der Waals surface area contributed by atoms with Gasteiger partial charge in [0.15, 0.2) is 11.0 Å². The summed E-state index contributed by atoms with van der Waals surface area (Å²) in [6.45, 7) is 1.89. The lowest BCUT2D eigenvalue weighted by Crippen LogP contribution is -2.23. The zero-order valence-corrected chi connectivity index (χ0v) is 19.2. The lowest BCUT2D eigenvalue weighted by atomic mass is 10.1. The minimum Gasteiger partial charge on any atom is -0.497 e. The summed E-state index contributed by atoms with van der Waals surface area (Å²) in [5.41, 5.74) is -0.0378. The molecule has 0 aliphatic carbocycles. The number of nitrogens with zero attached hydrogens (tertiary/aromatic N) is 2. The Hall–Kier alpha value is -2.40. The lowest BCUT2D eigenvalue weighted by molar-refractivity contribution is 0.0524. The van der Waals surface area contributed by atoms with E-state index in [2.05, 4.69) is 4.98 Å². The normalized spacial score (nSPS) is 10.9. The summed E-state index contributed by atoms with van der Waals surface area (Å²) in [7, 11) is 3.05. The van der Waals surface area contributed by atoms with Gasteiger partial charge in [-0.3, -0.25) is 4.79 Å².